The molecule has 0 aliphatic rings. The second-order valence-corrected chi connectivity index (χ2v) is 4.34. The van der Waals surface area contributed by atoms with Gasteiger partial charge in [0.1, 0.15) is 11.6 Å². The molecule has 21 heavy (non-hydrogen) atoms. The standard InChI is InChI=1S/C15H12F3NO2/c1-9-5-6-12(13(16)7-9)14(20)19-10-3-2-4-11(8-10)21-15(17)18/h2-8,15H,1H3,(H,19,20). The third-order valence-corrected chi connectivity index (χ3v) is 2.69. The predicted octanol–water partition coefficient (Wildman–Crippen LogP) is 3.99. The molecule has 0 atom stereocenters. The monoisotopic (exact) mass is 295 g/mol. The highest BCUT2D eigenvalue weighted by atomic mass is 19.3. The number of benzene rings is 2. The summed E-state index contributed by atoms with van der Waals surface area (Å²) in [7, 11) is 0. The molecule has 0 spiro atoms. The molecule has 0 saturated carbocycles. The number of ether oxygens (including phenoxy) is 1. The van der Waals surface area contributed by atoms with E-state index in [1.807, 2.05) is 0 Å². The first-order chi connectivity index (χ1) is 9.95. The molecule has 0 radical (unpaired) electrons. The summed E-state index contributed by atoms with van der Waals surface area (Å²) in [5.74, 6) is -1.40. The summed E-state index contributed by atoms with van der Waals surface area (Å²) in [6, 6.07) is 9.70. The first-order valence-corrected chi connectivity index (χ1v) is 6.08. The van der Waals surface area contributed by atoms with E-state index in [1.165, 1.54) is 36.4 Å². The van der Waals surface area contributed by atoms with E-state index >= 15 is 0 Å². The fourth-order valence-electron chi connectivity index (χ4n) is 1.75. The van der Waals surface area contributed by atoms with Crippen LogP contribution in [0, 0.1) is 12.7 Å². The molecule has 3 nitrogen and oxygen atoms in total. The molecule has 0 aliphatic heterocycles. The van der Waals surface area contributed by atoms with Crippen molar-refractivity contribution in [2.24, 2.45) is 0 Å². The van der Waals surface area contributed by atoms with Crippen molar-refractivity contribution >= 4 is 11.6 Å². The van der Waals surface area contributed by atoms with Crippen molar-refractivity contribution in [3.05, 3.63) is 59.4 Å². The largest absolute Gasteiger partial charge is 0.435 e. The third kappa shape index (κ3) is 3.98. The Hall–Kier alpha value is -2.50. The number of nitrogens with one attached hydrogen (secondary N) is 1. The van der Waals surface area contributed by atoms with Crippen LogP contribution in [-0.4, -0.2) is 12.5 Å². The van der Waals surface area contributed by atoms with Gasteiger partial charge in [-0.15, -0.1) is 0 Å². The van der Waals surface area contributed by atoms with Crippen LogP contribution in [0.2, 0.25) is 0 Å². The molecule has 0 bridgehead atoms. The molecule has 0 aromatic heterocycles. The summed E-state index contributed by atoms with van der Waals surface area (Å²) in [6.07, 6.45) is 0. The number of halogens is 3. The van der Waals surface area contributed by atoms with Gasteiger partial charge in [-0.1, -0.05) is 12.1 Å². The minimum atomic E-state index is -2.95. The van der Waals surface area contributed by atoms with Crippen molar-refractivity contribution in [1.82, 2.24) is 0 Å². The molecule has 1 amide bonds. The highest BCUT2D eigenvalue weighted by Crippen LogP contribution is 2.20. The Kier molecular flexibility index (Phi) is 4.47. The van der Waals surface area contributed by atoms with Crippen LogP contribution in [0.15, 0.2) is 42.5 Å². The molecule has 2 aromatic rings. The van der Waals surface area contributed by atoms with Crippen LogP contribution in [0.5, 0.6) is 5.75 Å². The number of hydrogen-bond donors (Lipinski definition) is 1. The van der Waals surface area contributed by atoms with Gasteiger partial charge in [0.15, 0.2) is 0 Å². The van der Waals surface area contributed by atoms with Gasteiger partial charge in [-0.05, 0) is 36.8 Å². The Morgan fingerprint density at radius 3 is 2.62 bits per heavy atom. The lowest BCUT2D eigenvalue weighted by molar-refractivity contribution is -0.0497. The molecule has 0 heterocycles. The molecule has 0 unspecified atom stereocenters. The molecule has 110 valence electrons. The van der Waals surface area contributed by atoms with Crippen LogP contribution >= 0.6 is 0 Å². The van der Waals surface area contributed by atoms with Gasteiger partial charge in [-0.2, -0.15) is 8.78 Å². The van der Waals surface area contributed by atoms with Crippen molar-refractivity contribution in [3.63, 3.8) is 0 Å². The van der Waals surface area contributed by atoms with Crippen molar-refractivity contribution in [1.29, 1.82) is 0 Å². The van der Waals surface area contributed by atoms with Crippen LogP contribution < -0.4 is 10.1 Å². The summed E-state index contributed by atoms with van der Waals surface area (Å²) in [6.45, 7) is -1.25. The smallest absolute Gasteiger partial charge is 0.387 e. The van der Waals surface area contributed by atoms with Gasteiger partial charge in [0, 0.05) is 11.8 Å². The lowest BCUT2D eigenvalue weighted by Crippen LogP contribution is -2.14. The SMILES string of the molecule is Cc1ccc(C(=O)Nc2cccc(OC(F)F)c2)c(F)c1. The number of aryl methyl sites for hydroxylation is 1. The zero-order valence-electron chi connectivity index (χ0n) is 11.1. The summed E-state index contributed by atoms with van der Waals surface area (Å²) in [5, 5.41) is 2.43. The summed E-state index contributed by atoms with van der Waals surface area (Å²) < 4.78 is 42.1. The Balaban J connectivity index is 2.15. The van der Waals surface area contributed by atoms with Crippen molar-refractivity contribution in [3.8, 4) is 5.75 Å². The first kappa shape index (κ1) is 14.9. The average molecular weight is 295 g/mol. The van der Waals surface area contributed by atoms with Crippen LogP contribution in [0.3, 0.4) is 0 Å². The number of carbonyl (C=O) groups is 1. The van der Waals surface area contributed by atoms with Gasteiger partial charge in [-0.3, -0.25) is 4.79 Å². The van der Waals surface area contributed by atoms with Gasteiger partial charge in [0.2, 0.25) is 0 Å². The van der Waals surface area contributed by atoms with E-state index in [0.29, 0.717) is 5.56 Å². The maximum Gasteiger partial charge on any atom is 0.387 e. The number of hydrogen-bond acceptors (Lipinski definition) is 2. The van der Waals surface area contributed by atoms with Crippen molar-refractivity contribution in [2.75, 3.05) is 5.32 Å². The maximum atomic E-state index is 13.7. The van der Waals surface area contributed by atoms with E-state index in [9.17, 15) is 18.0 Å². The lowest BCUT2D eigenvalue weighted by atomic mass is 10.1. The van der Waals surface area contributed by atoms with Gasteiger partial charge in [0.05, 0.1) is 5.56 Å². The van der Waals surface area contributed by atoms with E-state index in [-0.39, 0.29) is 17.0 Å². The zero-order chi connectivity index (χ0) is 15.4. The van der Waals surface area contributed by atoms with Crippen LogP contribution in [0.4, 0.5) is 18.9 Å². The summed E-state index contributed by atoms with van der Waals surface area (Å²) in [5.41, 5.74) is 0.801. The molecule has 1 N–H and O–H groups in total. The lowest BCUT2D eigenvalue weighted by Gasteiger charge is -2.09. The number of rotatable bonds is 4. The summed E-state index contributed by atoms with van der Waals surface area (Å²) >= 11 is 0. The van der Waals surface area contributed by atoms with Crippen LogP contribution in [0.1, 0.15) is 15.9 Å². The Morgan fingerprint density at radius 2 is 1.95 bits per heavy atom. The topological polar surface area (TPSA) is 38.3 Å². The predicted molar refractivity (Wildman–Crippen MR) is 72.2 cm³/mol. The van der Waals surface area contributed by atoms with Gasteiger partial charge in [0.25, 0.3) is 5.91 Å². The maximum absolute atomic E-state index is 13.7. The van der Waals surface area contributed by atoms with E-state index in [2.05, 4.69) is 10.1 Å². The fourth-order valence-corrected chi connectivity index (χ4v) is 1.75. The second-order valence-electron chi connectivity index (χ2n) is 4.34. The fraction of sp³-hybridized carbons (Fsp3) is 0.133. The third-order valence-electron chi connectivity index (χ3n) is 2.69. The van der Waals surface area contributed by atoms with Crippen molar-refractivity contribution in [2.45, 2.75) is 13.5 Å². The highest BCUT2D eigenvalue weighted by Gasteiger charge is 2.12. The number of carbonyl (C=O) groups excluding carboxylic acids is 1. The quantitative estimate of drug-likeness (QED) is 0.926. The Labute approximate surface area is 119 Å². The van der Waals surface area contributed by atoms with E-state index in [0.717, 1.165) is 0 Å². The molecule has 0 aliphatic carbocycles. The number of anilines is 1. The average Bonchev–Trinajstić information content (AvgIpc) is 2.37. The van der Waals surface area contributed by atoms with Crippen LogP contribution in [-0.2, 0) is 0 Å². The highest BCUT2D eigenvalue weighted by molar-refractivity contribution is 6.04. The van der Waals surface area contributed by atoms with Gasteiger partial charge in [-0.25, -0.2) is 4.39 Å². The second kappa shape index (κ2) is 6.30. The molecule has 6 heteroatoms. The van der Waals surface area contributed by atoms with E-state index in [4.69, 9.17) is 0 Å². The minimum absolute atomic E-state index is 0.0906. The van der Waals surface area contributed by atoms with Gasteiger partial charge < -0.3 is 10.1 Å². The molecule has 2 aromatic carbocycles. The Morgan fingerprint density at radius 1 is 1.19 bits per heavy atom. The molecule has 0 fully saturated rings. The molecule has 0 saturated heterocycles. The number of amides is 1. The molecular weight excluding hydrogens is 283 g/mol. The minimum Gasteiger partial charge on any atom is -0.435 e. The van der Waals surface area contributed by atoms with Gasteiger partial charge >= 0.3 is 6.61 Å². The summed E-state index contributed by atoms with van der Waals surface area (Å²) in [4.78, 5) is 11.9. The normalized spacial score (nSPS) is 10.5. The zero-order valence-corrected chi connectivity index (χ0v) is 11.1. The molecular formula is C15H12F3NO2. The van der Waals surface area contributed by atoms with E-state index in [1.54, 1.807) is 13.0 Å². The first-order valence-electron chi connectivity index (χ1n) is 6.08. The number of alkyl halides is 2. The Bertz CT molecular complexity index is 659. The van der Waals surface area contributed by atoms with E-state index < -0.39 is 18.3 Å². The van der Waals surface area contributed by atoms with Crippen molar-refractivity contribution < 1.29 is 22.7 Å². The molecule has 2 rings (SSSR count). The van der Waals surface area contributed by atoms with Crippen LogP contribution in [0.25, 0.3) is 0 Å².